The van der Waals surface area contributed by atoms with Crippen molar-refractivity contribution in [2.24, 2.45) is 0 Å². The number of phenolic OH excluding ortho intramolecular Hbond substituents is 1. The van der Waals surface area contributed by atoms with Crippen LogP contribution in [0.1, 0.15) is 51.3 Å². The molecular weight excluding hydrogens is 482 g/mol. The fourth-order valence-electron chi connectivity index (χ4n) is 3.20. The minimum absolute atomic E-state index is 0.0126. The van der Waals surface area contributed by atoms with E-state index in [0.717, 1.165) is 11.1 Å². The molecule has 3 rings (SSSR count). The summed E-state index contributed by atoms with van der Waals surface area (Å²) < 4.78 is 31.8. The maximum absolute atomic E-state index is 13.3. The number of ether oxygens (including phenoxy) is 1. The standard InChI is InChI=1S/C25H27NO5S2.C2H6/c1-4-25(28)26-17(2)19-7-5-18(6-8-19)16-32(29)23-14-11-21(31-3)15-24(23)33(30)22-12-9-20(27)10-13-22;1-2/h5-15,17,27H,4,16H2,1-3H3,(H,26,28);1-2H3/t17-,32?,33?;/m0./s1. The van der Waals surface area contributed by atoms with Crippen LogP contribution in [-0.2, 0) is 32.1 Å². The van der Waals surface area contributed by atoms with Crippen LogP contribution < -0.4 is 10.1 Å². The minimum Gasteiger partial charge on any atom is -0.508 e. The quantitative estimate of drug-likeness (QED) is 0.393. The Labute approximate surface area is 212 Å². The molecule has 0 bridgehead atoms. The highest BCUT2D eigenvalue weighted by Crippen LogP contribution is 2.29. The fraction of sp³-hybridized carbons (Fsp3) is 0.296. The summed E-state index contributed by atoms with van der Waals surface area (Å²) in [5.41, 5.74) is 1.83. The molecule has 188 valence electrons. The number of aromatic hydroxyl groups is 1. The van der Waals surface area contributed by atoms with Crippen LogP contribution in [0.15, 0.2) is 81.4 Å². The SMILES string of the molecule is CC.CCC(=O)N[C@@H](C)c1ccc(CS(=O)c2ccc(OC)cc2S(=O)c2ccc(O)cc2)cc1. The lowest BCUT2D eigenvalue weighted by Gasteiger charge is -2.15. The Morgan fingerprint density at radius 1 is 0.971 bits per heavy atom. The number of amides is 1. The second-order valence-electron chi connectivity index (χ2n) is 7.45. The summed E-state index contributed by atoms with van der Waals surface area (Å²) in [5.74, 6) is 0.839. The van der Waals surface area contributed by atoms with Crippen molar-refractivity contribution < 1.29 is 23.1 Å². The van der Waals surface area contributed by atoms with Gasteiger partial charge in [-0.15, -0.1) is 0 Å². The van der Waals surface area contributed by atoms with E-state index in [0.29, 0.717) is 26.9 Å². The van der Waals surface area contributed by atoms with Gasteiger partial charge in [-0.3, -0.25) is 9.00 Å². The zero-order valence-electron chi connectivity index (χ0n) is 20.7. The van der Waals surface area contributed by atoms with Crippen molar-refractivity contribution >= 4 is 27.5 Å². The summed E-state index contributed by atoms with van der Waals surface area (Å²) in [6.07, 6.45) is 0.428. The van der Waals surface area contributed by atoms with E-state index in [1.54, 1.807) is 30.3 Å². The lowest BCUT2D eigenvalue weighted by atomic mass is 10.1. The summed E-state index contributed by atoms with van der Waals surface area (Å²) in [6.45, 7) is 7.73. The van der Waals surface area contributed by atoms with Gasteiger partial charge in [-0.25, -0.2) is 4.21 Å². The van der Waals surface area contributed by atoms with Gasteiger partial charge in [-0.1, -0.05) is 45.0 Å². The Morgan fingerprint density at radius 2 is 1.60 bits per heavy atom. The smallest absolute Gasteiger partial charge is 0.220 e. The molecule has 1 amide bonds. The number of carbonyl (C=O) groups excluding carboxylic acids is 1. The molecule has 0 saturated heterocycles. The van der Waals surface area contributed by atoms with Crippen molar-refractivity contribution in [3.8, 4) is 11.5 Å². The first-order valence-electron chi connectivity index (χ1n) is 11.5. The van der Waals surface area contributed by atoms with E-state index in [1.807, 2.05) is 52.0 Å². The monoisotopic (exact) mass is 515 g/mol. The fourth-order valence-corrected chi connectivity index (χ4v) is 5.97. The lowest BCUT2D eigenvalue weighted by molar-refractivity contribution is -0.121. The Kier molecular flexibility index (Phi) is 11.1. The number of nitrogens with one attached hydrogen (secondary N) is 1. The van der Waals surface area contributed by atoms with E-state index in [1.165, 1.54) is 19.2 Å². The van der Waals surface area contributed by atoms with E-state index in [4.69, 9.17) is 4.74 Å². The maximum Gasteiger partial charge on any atom is 0.220 e. The van der Waals surface area contributed by atoms with E-state index in [2.05, 4.69) is 5.32 Å². The molecule has 0 aliphatic heterocycles. The summed E-state index contributed by atoms with van der Waals surface area (Å²) >= 11 is 0. The van der Waals surface area contributed by atoms with Crippen LogP contribution in [0.5, 0.6) is 11.5 Å². The molecule has 2 unspecified atom stereocenters. The van der Waals surface area contributed by atoms with Crippen molar-refractivity contribution in [3.63, 3.8) is 0 Å². The summed E-state index contributed by atoms with van der Waals surface area (Å²) in [7, 11) is -1.53. The van der Waals surface area contributed by atoms with E-state index in [-0.39, 0.29) is 23.5 Å². The molecular formula is C27H33NO5S2. The second-order valence-corrected chi connectivity index (χ2v) is 10.3. The minimum atomic E-state index is -1.60. The van der Waals surface area contributed by atoms with E-state index in [9.17, 15) is 18.3 Å². The van der Waals surface area contributed by atoms with Gasteiger partial charge >= 0.3 is 0 Å². The third-order valence-corrected chi connectivity index (χ3v) is 8.13. The van der Waals surface area contributed by atoms with Gasteiger partial charge in [0.2, 0.25) is 5.91 Å². The predicted molar refractivity (Wildman–Crippen MR) is 141 cm³/mol. The van der Waals surface area contributed by atoms with Crippen LogP contribution >= 0.6 is 0 Å². The van der Waals surface area contributed by atoms with Crippen molar-refractivity contribution in [1.29, 1.82) is 0 Å². The number of phenols is 1. The molecule has 3 atom stereocenters. The zero-order valence-corrected chi connectivity index (χ0v) is 22.4. The highest BCUT2D eigenvalue weighted by Gasteiger charge is 2.19. The van der Waals surface area contributed by atoms with Crippen molar-refractivity contribution in [1.82, 2.24) is 5.32 Å². The van der Waals surface area contributed by atoms with Crippen molar-refractivity contribution in [3.05, 3.63) is 77.9 Å². The Balaban J connectivity index is 0.00000210. The van der Waals surface area contributed by atoms with Crippen LogP contribution in [-0.4, -0.2) is 26.5 Å². The molecule has 0 saturated carbocycles. The van der Waals surface area contributed by atoms with Crippen molar-refractivity contribution in [2.75, 3.05) is 7.11 Å². The van der Waals surface area contributed by atoms with Crippen LogP contribution in [0, 0.1) is 0 Å². The number of methoxy groups -OCH3 is 1. The third kappa shape index (κ3) is 7.77. The van der Waals surface area contributed by atoms with Gasteiger partial charge in [0, 0.05) is 11.3 Å². The van der Waals surface area contributed by atoms with Crippen LogP contribution in [0.4, 0.5) is 0 Å². The first kappa shape index (κ1) is 28.3. The summed E-state index contributed by atoms with van der Waals surface area (Å²) in [6, 6.07) is 18.6. The lowest BCUT2D eigenvalue weighted by Crippen LogP contribution is -2.25. The average Bonchev–Trinajstić information content (AvgIpc) is 2.89. The molecule has 0 heterocycles. The molecule has 0 fully saturated rings. The molecule has 0 aliphatic carbocycles. The Hall–Kier alpha value is -2.97. The molecule has 35 heavy (non-hydrogen) atoms. The van der Waals surface area contributed by atoms with Gasteiger partial charge in [0.15, 0.2) is 0 Å². The van der Waals surface area contributed by atoms with Crippen LogP contribution in [0.3, 0.4) is 0 Å². The van der Waals surface area contributed by atoms with Crippen molar-refractivity contribution in [2.45, 2.75) is 60.6 Å². The molecule has 2 N–H and O–H groups in total. The molecule has 0 spiro atoms. The third-order valence-electron chi connectivity index (χ3n) is 5.12. The topological polar surface area (TPSA) is 92.7 Å². The summed E-state index contributed by atoms with van der Waals surface area (Å²) in [5, 5.41) is 12.4. The first-order valence-corrected chi connectivity index (χ1v) is 13.9. The molecule has 3 aromatic carbocycles. The molecule has 8 heteroatoms. The molecule has 0 aliphatic rings. The molecule has 3 aromatic rings. The van der Waals surface area contributed by atoms with Gasteiger partial charge < -0.3 is 15.2 Å². The van der Waals surface area contributed by atoms with E-state index < -0.39 is 21.6 Å². The van der Waals surface area contributed by atoms with Crippen LogP contribution in [0.2, 0.25) is 0 Å². The molecule has 0 radical (unpaired) electrons. The Morgan fingerprint density at radius 3 is 2.17 bits per heavy atom. The Bertz CT molecular complexity index is 1160. The number of benzene rings is 3. The van der Waals surface area contributed by atoms with Gasteiger partial charge in [-0.05, 0) is 60.5 Å². The second kappa shape index (κ2) is 13.8. The zero-order chi connectivity index (χ0) is 26.0. The molecule has 0 aromatic heterocycles. The number of hydrogen-bond acceptors (Lipinski definition) is 5. The van der Waals surface area contributed by atoms with Crippen LogP contribution in [0.25, 0.3) is 0 Å². The summed E-state index contributed by atoms with van der Waals surface area (Å²) in [4.78, 5) is 13.0. The maximum atomic E-state index is 13.3. The number of rotatable bonds is 9. The van der Waals surface area contributed by atoms with Gasteiger partial charge in [0.25, 0.3) is 0 Å². The normalized spacial score (nSPS) is 13.1. The number of hydrogen-bond donors (Lipinski definition) is 2. The first-order chi connectivity index (χ1) is 16.8. The van der Waals surface area contributed by atoms with E-state index >= 15 is 0 Å². The van der Waals surface area contributed by atoms with Gasteiger partial charge in [-0.2, -0.15) is 0 Å². The van der Waals surface area contributed by atoms with Gasteiger partial charge in [0.05, 0.1) is 50.3 Å². The number of carbonyl (C=O) groups is 1. The highest BCUT2D eigenvalue weighted by molar-refractivity contribution is 7.87. The largest absolute Gasteiger partial charge is 0.508 e. The van der Waals surface area contributed by atoms with Gasteiger partial charge in [0.1, 0.15) is 11.5 Å². The predicted octanol–water partition coefficient (Wildman–Crippen LogP) is 5.49. The highest BCUT2D eigenvalue weighted by atomic mass is 32.2. The molecule has 6 nitrogen and oxygen atoms in total. The average molecular weight is 516 g/mol.